The molecule has 0 radical (unpaired) electrons. The average Bonchev–Trinajstić information content (AvgIpc) is 2.60. The van der Waals surface area contributed by atoms with E-state index in [2.05, 4.69) is 15.0 Å². The minimum absolute atomic E-state index is 0.0243. The Morgan fingerprint density at radius 1 is 0.850 bits per heavy atom. The van der Waals surface area contributed by atoms with Gasteiger partial charge >= 0.3 is 0 Å². The van der Waals surface area contributed by atoms with Crippen LogP contribution >= 0.6 is 0 Å². The molecule has 4 heteroatoms. The predicted molar refractivity (Wildman–Crippen MR) is 78.7 cm³/mol. The van der Waals surface area contributed by atoms with Gasteiger partial charge in [-0.25, -0.2) is 15.0 Å². The minimum atomic E-state index is 0.0243. The highest BCUT2D eigenvalue weighted by molar-refractivity contribution is 5.73. The first-order valence-corrected chi connectivity index (χ1v) is 7.65. The maximum Gasteiger partial charge on any atom is 0.211 e. The van der Waals surface area contributed by atoms with Crippen molar-refractivity contribution in [3.05, 3.63) is 24.2 Å². The van der Waals surface area contributed by atoms with E-state index in [1.807, 2.05) is 6.07 Å². The van der Waals surface area contributed by atoms with Gasteiger partial charge in [-0.1, -0.05) is 38.5 Å². The summed E-state index contributed by atoms with van der Waals surface area (Å²) in [4.78, 5) is 13.2. The van der Waals surface area contributed by atoms with Crippen LogP contribution in [-0.2, 0) is 0 Å². The van der Waals surface area contributed by atoms with Gasteiger partial charge in [-0.15, -0.1) is 0 Å². The van der Waals surface area contributed by atoms with E-state index in [4.69, 9.17) is 0 Å². The van der Waals surface area contributed by atoms with E-state index in [-0.39, 0.29) is 5.88 Å². The second-order valence-corrected chi connectivity index (χ2v) is 5.70. The lowest BCUT2D eigenvalue weighted by Crippen LogP contribution is -2.05. The van der Waals surface area contributed by atoms with Crippen molar-refractivity contribution in [2.75, 3.05) is 0 Å². The fourth-order valence-corrected chi connectivity index (χ4v) is 3.01. The molecule has 2 aromatic heterocycles. The van der Waals surface area contributed by atoms with E-state index >= 15 is 0 Å². The van der Waals surface area contributed by atoms with Crippen molar-refractivity contribution >= 4 is 11.0 Å². The molecule has 0 atom stereocenters. The summed E-state index contributed by atoms with van der Waals surface area (Å²) in [6, 6.07) is 3.40. The van der Waals surface area contributed by atoms with Crippen LogP contribution in [0.15, 0.2) is 18.3 Å². The van der Waals surface area contributed by atoms with Crippen molar-refractivity contribution in [2.45, 2.75) is 57.3 Å². The summed E-state index contributed by atoms with van der Waals surface area (Å²) in [5.41, 5.74) is 1.49. The Labute approximate surface area is 119 Å². The van der Waals surface area contributed by atoms with Crippen LogP contribution in [0.1, 0.15) is 63.1 Å². The summed E-state index contributed by atoms with van der Waals surface area (Å²) in [5.74, 6) is 1.45. The van der Waals surface area contributed by atoms with Crippen LogP contribution < -0.4 is 0 Å². The summed E-state index contributed by atoms with van der Waals surface area (Å²) >= 11 is 0. The summed E-state index contributed by atoms with van der Waals surface area (Å²) in [6.07, 6.45) is 12.1. The number of aromatic nitrogens is 3. The van der Waals surface area contributed by atoms with E-state index in [0.717, 1.165) is 11.3 Å². The fraction of sp³-hybridized carbons (Fsp3) is 0.562. The Morgan fingerprint density at radius 2 is 1.55 bits per heavy atom. The maximum absolute atomic E-state index is 9.38. The Bertz CT molecular complexity index is 575. The standard InChI is InChI=1S/C16H21N3O/c20-15-10-9-13-14(18-15)11-17-16(19-13)12-7-5-3-1-2-4-6-8-12/h9-12H,1-8H2,(H,18,20). The summed E-state index contributed by atoms with van der Waals surface area (Å²) < 4.78 is 0. The molecule has 106 valence electrons. The number of nitrogens with zero attached hydrogens (tertiary/aromatic N) is 3. The molecule has 0 bridgehead atoms. The van der Waals surface area contributed by atoms with Gasteiger partial charge < -0.3 is 5.11 Å². The van der Waals surface area contributed by atoms with Gasteiger partial charge in [0.2, 0.25) is 5.88 Å². The molecule has 1 fully saturated rings. The number of fused-ring (bicyclic) bond motifs is 1. The van der Waals surface area contributed by atoms with E-state index in [1.165, 1.54) is 51.4 Å². The Morgan fingerprint density at radius 3 is 2.30 bits per heavy atom. The third kappa shape index (κ3) is 3.06. The van der Waals surface area contributed by atoms with Gasteiger partial charge in [-0.05, 0) is 18.9 Å². The molecular formula is C16H21N3O. The minimum Gasteiger partial charge on any atom is -0.493 e. The third-order valence-electron chi connectivity index (χ3n) is 4.16. The van der Waals surface area contributed by atoms with Crippen molar-refractivity contribution in [2.24, 2.45) is 0 Å². The summed E-state index contributed by atoms with van der Waals surface area (Å²) in [7, 11) is 0. The first-order valence-electron chi connectivity index (χ1n) is 7.65. The summed E-state index contributed by atoms with van der Waals surface area (Å²) in [5, 5.41) is 9.38. The van der Waals surface area contributed by atoms with Gasteiger partial charge in [0.15, 0.2) is 0 Å². The molecule has 4 nitrogen and oxygen atoms in total. The van der Waals surface area contributed by atoms with Crippen molar-refractivity contribution in [3.63, 3.8) is 0 Å². The monoisotopic (exact) mass is 271 g/mol. The highest BCUT2D eigenvalue weighted by atomic mass is 16.3. The number of hydrogen-bond donors (Lipinski definition) is 1. The van der Waals surface area contributed by atoms with E-state index in [1.54, 1.807) is 12.3 Å². The number of pyridine rings is 1. The Balaban J connectivity index is 1.85. The van der Waals surface area contributed by atoms with E-state index in [0.29, 0.717) is 11.4 Å². The van der Waals surface area contributed by atoms with Gasteiger partial charge in [-0.3, -0.25) is 0 Å². The Hall–Kier alpha value is -1.71. The third-order valence-corrected chi connectivity index (χ3v) is 4.16. The Kier molecular flexibility index (Phi) is 4.09. The fourth-order valence-electron chi connectivity index (χ4n) is 3.01. The van der Waals surface area contributed by atoms with Crippen LogP contribution in [0.2, 0.25) is 0 Å². The molecule has 0 unspecified atom stereocenters. The predicted octanol–water partition coefficient (Wildman–Crippen LogP) is 3.95. The van der Waals surface area contributed by atoms with Crippen LogP contribution in [0.25, 0.3) is 11.0 Å². The molecule has 1 aliphatic carbocycles. The molecule has 0 aliphatic heterocycles. The van der Waals surface area contributed by atoms with Crippen LogP contribution in [0.3, 0.4) is 0 Å². The smallest absolute Gasteiger partial charge is 0.211 e. The van der Waals surface area contributed by atoms with Gasteiger partial charge in [-0.2, -0.15) is 0 Å². The number of hydrogen-bond acceptors (Lipinski definition) is 4. The largest absolute Gasteiger partial charge is 0.493 e. The second kappa shape index (κ2) is 6.16. The van der Waals surface area contributed by atoms with Gasteiger partial charge in [0.25, 0.3) is 0 Å². The lowest BCUT2D eigenvalue weighted by atomic mass is 9.96. The number of rotatable bonds is 1. The van der Waals surface area contributed by atoms with Gasteiger partial charge in [0.1, 0.15) is 11.3 Å². The maximum atomic E-state index is 9.38. The highest BCUT2D eigenvalue weighted by Crippen LogP contribution is 2.29. The molecule has 0 saturated heterocycles. The van der Waals surface area contributed by atoms with Crippen LogP contribution in [0, 0.1) is 0 Å². The normalized spacial score (nSPS) is 18.4. The van der Waals surface area contributed by atoms with Crippen molar-refractivity contribution < 1.29 is 5.11 Å². The molecule has 0 aromatic carbocycles. The molecule has 1 N–H and O–H groups in total. The van der Waals surface area contributed by atoms with Crippen molar-refractivity contribution in [1.82, 2.24) is 15.0 Å². The van der Waals surface area contributed by atoms with Gasteiger partial charge in [0.05, 0.1) is 11.7 Å². The zero-order chi connectivity index (χ0) is 13.8. The molecule has 0 amide bonds. The first-order chi connectivity index (χ1) is 9.83. The van der Waals surface area contributed by atoms with Crippen molar-refractivity contribution in [3.8, 4) is 5.88 Å². The molecule has 20 heavy (non-hydrogen) atoms. The number of aromatic hydroxyl groups is 1. The lowest BCUT2D eigenvalue weighted by molar-refractivity contribution is 0.455. The molecular weight excluding hydrogens is 250 g/mol. The lowest BCUT2D eigenvalue weighted by Gasteiger charge is -2.14. The topological polar surface area (TPSA) is 58.9 Å². The van der Waals surface area contributed by atoms with Crippen LogP contribution in [-0.4, -0.2) is 20.1 Å². The SMILES string of the molecule is Oc1ccc2nc(C3CCCCCCCC3)ncc2n1. The zero-order valence-corrected chi connectivity index (χ0v) is 11.8. The van der Waals surface area contributed by atoms with Crippen LogP contribution in [0.5, 0.6) is 5.88 Å². The average molecular weight is 271 g/mol. The molecule has 2 aromatic rings. The van der Waals surface area contributed by atoms with E-state index in [9.17, 15) is 5.11 Å². The summed E-state index contributed by atoms with van der Waals surface area (Å²) in [6.45, 7) is 0. The zero-order valence-electron chi connectivity index (χ0n) is 11.8. The van der Waals surface area contributed by atoms with Crippen molar-refractivity contribution in [1.29, 1.82) is 0 Å². The molecule has 2 heterocycles. The highest BCUT2D eigenvalue weighted by Gasteiger charge is 2.16. The van der Waals surface area contributed by atoms with E-state index < -0.39 is 0 Å². The molecule has 0 spiro atoms. The molecule has 3 rings (SSSR count). The van der Waals surface area contributed by atoms with Gasteiger partial charge in [0, 0.05) is 12.0 Å². The molecule has 1 saturated carbocycles. The second-order valence-electron chi connectivity index (χ2n) is 5.70. The first kappa shape index (κ1) is 13.3. The quantitative estimate of drug-likeness (QED) is 0.853. The van der Waals surface area contributed by atoms with Crippen LogP contribution in [0.4, 0.5) is 0 Å². The molecule has 1 aliphatic rings.